The lowest BCUT2D eigenvalue weighted by molar-refractivity contribution is 0.0451. The molecule has 14 heavy (non-hydrogen) atoms. The lowest BCUT2D eigenvalue weighted by atomic mass is 9.59. The van der Waals surface area contributed by atoms with E-state index in [1.165, 1.54) is 19.3 Å². The maximum atomic E-state index is 2.48. The van der Waals surface area contributed by atoms with E-state index in [0.29, 0.717) is 5.41 Å². The molecular formula is C14H28. The summed E-state index contributed by atoms with van der Waals surface area (Å²) in [6, 6.07) is 0. The van der Waals surface area contributed by atoms with Crippen molar-refractivity contribution in [1.82, 2.24) is 0 Å². The molecule has 0 radical (unpaired) electrons. The lowest BCUT2D eigenvalue weighted by Gasteiger charge is -2.46. The molecule has 0 amide bonds. The minimum atomic E-state index is 0.683. The van der Waals surface area contributed by atoms with E-state index in [1.807, 2.05) is 0 Å². The molecule has 0 aromatic heterocycles. The van der Waals surface area contributed by atoms with Crippen LogP contribution in [0, 0.1) is 29.1 Å². The van der Waals surface area contributed by atoms with Gasteiger partial charge in [0.2, 0.25) is 0 Å². The molecule has 1 fully saturated rings. The number of hydrogen-bond acceptors (Lipinski definition) is 0. The van der Waals surface area contributed by atoms with Crippen molar-refractivity contribution >= 4 is 0 Å². The molecule has 1 saturated carbocycles. The first-order valence-corrected chi connectivity index (χ1v) is 6.34. The molecule has 1 aliphatic rings. The van der Waals surface area contributed by atoms with Gasteiger partial charge in [0.15, 0.2) is 0 Å². The van der Waals surface area contributed by atoms with Gasteiger partial charge in [0, 0.05) is 0 Å². The van der Waals surface area contributed by atoms with Crippen LogP contribution in [0.3, 0.4) is 0 Å². The first-order chi connectivity index (χ1) is 6.34. The minimum Gasteiger partial charge on any atom is -0.0625 e. The van der Waals surface area contributed by atoms with Crippen LogP contribution >= 0.6 is 0 Å². The molecule has 0 N–H and O–H groups in total. The van der Waals surface area contributed by atoms with Gasteiger partial charge in [-0.2, -0.15) is 0 Å². The summed E-state index contributed by atoms with van der Waals surface area (Å²) in [6.45, 7) is 14.4. The van der Waals surface area contributed by atoms with E-state index in [2.05, 4.69) is 41.5 Å². The molecule has 0 aromatic rings. The van der Waals surface area contributed by atoms with Crippen molar-refractivity contribution in [3.05, 3.63) is 0 Å². The molecule has 0 spiro atoms. The Kier molecular flexibility index (Phi) is 3.66. The van der Waals surface area contributed by atoms with Crippen LogP contribution in [0.15, 0.2) is 0 Å². The third-order valence-corrected chi connectivity index (χ3v) is 4.45. The Morgan fingerprint density at radius 1 is 1.14 bits per heavy atom. The summed E-state index contributed by atoms with van der Waals surface area (Å²) in [5.74, 6) is 3.60. The second-order valence-corrected chi connectivity index (χ2v) is 6.61. The van der Waals surface area contributed by atoms with Crippen LogP contribution in [-0.2, 0) is 0 Å². The molecule has 1 aliphatic carbocycles. The lowest BCUT2D eigenvalue weighted by Crippen LogP contribution is -2.35. The Bertz CT molecular complexity index is 174. The van der Waals surface area contributed by atoms with Crippen LogP contribution in [0.4, 0.5) is 0 Å². The molecule has 0 aromatic carbocycles. The summed E-state index contributed by atoms with van der Waals surface area (Å²) >= 11 is 0. The maximum absolute atomic E-state index is 2.48. The van der Waals surface area contributed by atoms with E-state index in [0.717, 1.165) is 23.7 Å². The monoisotopic (exact) mass is 196 g/mol. The molecule has 84 valence electrons. The highest BCUT2D eigenvalue weighted by atomic mass is 14.4. The van der Waals surface area contributed by atoms with E-state index < -0.39 is 0 Å². The fraction of sp³-hybridized carbons (Fsp3) is 1.00. The van der Waals surface area contributed by atoms with E-state index in [-0.39, 0.29) is 0 Å². The highest BCUT2D eigenvalue weighted by Crippen LogP contribution is 2.50. The summed E-state index contributed by atoms with van der Waals surface area (Å²) in [5, 5.41) is 0. The van der Waals surface area contributed by atoms with Gasteiger partial charge in [-0.15, -0.1) is 0 Å². The smallest absolute Gasteiger partial charge is 0.0318 e. The van der Waals surface area contributed by atoms with E-state index >= 15 is 0 Å². The van der Waals surface area contributed by atoms with Gasteiger partial charge in [0.1, 0.15) is 0 Å². The Hall–Kier alpha value is 0. The SMILES string of the molecule is CC1CC(C)(CC(C)C(C)C(C)C)C1. The highest BCUT2D eigenvalue weighted by molar-refractivity contribution is 4.90. The van der Waals surface area contributed by atoms with Crippen molar-refractivity contribution in [2.45, 2.75) is 60.8 Å². The quantitative estimate of drug-likeness (QED) is 0.609. The predicted octanol–water partition coefficient (Wildman–Crippen LogP) is 4.74. The Morgan fingerprint density at radius 3 is 2.00 bits per heavy atom. The van der Waals surface area contributed by atoms with Crippen LogP contribution in [0.2, 0.25) is 0 Å². The molecule has 2 unspecified atom stereocenters. The second kappa shape index (κ2) is 4.24. The maximum Gasteiger partial charge on any atom is -0.0318 e. The third-order valence-electron chi connectivity index (χ3n) is 4.45. The normalized spacial score (nSPS) is 36.6. The van der Waals surface area contributed by atoms with Crippen LogP contribution in [-0.4, -0.2) is 0 Å². The van der Waals surface area contributed by atoms with Crippen molar-refractivity contribution < 1.29 is 0 Å². The highest BCUT2D eigenvalue weighted by Gasteiger charge is 2.39. The fourth-order valence-corrected chi connectivity index (χ4v) is 3.41. The van der Waals surface area contributed by atoms with Gasteiger partial charge in [0.25, 0.3) is 0 Å². The summed E-state index contributed by atoms with van der Waals surface area (Å²) in [4.78, 5) is 0. The predicted molar refractivity (Wildman–Crippen MR) is 64.3 cm³/mol. The second-order valence-electron chi connectivity index (χ2n) is 6.61. The Morgan fingerprint density at radius 2 is 1.64 bits per heavy atom. The summed E-state index contributed by atoms with van der Waals surface area (Å²) < 4.78 is 0. The summed E-state index contributed by atoms with van der Waals surface area (Å²) in [7, 11) is 0. The van der Waals surface area contributed by atoms with Crippen LogP contribution < -0.4 is 0 Å². The molecular weight excluding hydrogens is 168 g/mol. The average Bonchev–Trinajstić information content (AvgIpc) is 1.99. The molecule has 0 heterocycles. The molecule has 0 aliphatic heterocycles. The van der Waals surface area contributed by atoms with Crippen molar-refractivity contribution in [3.63, 3.8) is 0 Å². The molecule has 0 heteroatoms. The molecule has 1 rings (SSSR count). The standard InChI is InChI=1S/C14H28/c1-10(2)13(5)12(4)9-14(6)7-11(3)8-14/h10-13H,7-9H2,1-6H3. The van der Waals surface area contributed by atoms with Crippen molar-refractivity contribution in [2.75, 3.05) is 0 Å². The topological polar surface area (TPSA) is 0 Å². The first kappa shape index (κ1) is 12.1. The van der Waals surface area contributed by atoms with Gasteiger partial charge in [-0.3, -0.25) is 0 Å². The van der Waals surface area contributed by atoms with Gasteiger partial charge in [-0.25, -0.2) is 0 Å². The number of hydrogen-bond donors (Lipinski definition) is 0. The van der Waals surface area contributed by atoms with Gasteiger partial charge in [-0.05, 0) is 48.3 Å². The Balaban J connectivity index is 2.37. The molecule has 2 atom stereocenters. The van der Waals surface area contributed by atoms with E-state index in [4.69, 9.17) is 0 Å². The van der Waals surface area contributed by atoms with Gasteiger partial charge in [-0.1, -0.05) is 41.5 Å². The van der Waals surface area contributed by atoms with E-state index in [9.17, 15) is 0 Å². The van der Waals surface area contributed by atoms with Crippen molar-refractivity contribution in [2.24, 2.45) is 29.1 Å². The average molecular weight is 196 g/mol. The molecule has 0 saturated heterocycles. The zero-order chi connectivity index (χ0) is 10.9. The first-order valence-electron chi connectivity index (χ1n) is 6.34. The zero-order valence-corrected chi connectivity index (χ0v) is 10.9. The van der Waals surface area contributed by atoms with Gasteiger partial charge in [0.05, 0.1) is 0 Å². The van der Waals surface area contributed by atoms with Crippen LogP contribution in [0.1, 0.15) is 60.8 Å². The minimum absolute atomic E-state index is 0.683. The van der Waals surface area contributed by atoms with E-state index in [1.54, 1.807) is 0 Å². The fourth-order valence-electron chi connectivity index (χ4n) is 3.41. The van der Waals surface area contributed by atoms with Crippen molar-refractivity contribution in [3.8, 4) is 0 Å². The van der Waals surface area contributed by atoms with Crippen LogP contribution in [0.25, 0.3) is 0 Å². The summed E-state index contributed by atoms with van der Waals surface area (Å²) in [6.07, 6.45) is 4.36. The van der Waals surface area contributed by atoms with Crippen molar-refractivity contribution in [1.29, 1.82) is 0 Å². The molecule has 0 bridgehead atoms. The number of rotatable bonds is 4. The zero-order valence-electron chi connectivity index (χ0n) is 10.9. The largest absolute Gasteiger partial charge is 0.0625 e. The summed E-state index contributed by atoms with van der Waals surface area (Å²) in [5.41, 5.74) is 0.683. The molecule has 0 nitrogen and oxygen atoms in total. The van der Waals surface area contributed by atoms with Gasteiger partial charge >= 0.3 is 0 Å². The van der Waals surface area contributed by atoms with Gasteiger partial charge < -0.3 is 0 Å². The third kappa shape index (κ3) is 2.74. The van der Waals surface area contributed by atoms with Crippen LogP contribution in [0.5, 0.6) is 0 Å². The Labute approximate surface area is 90.5 Å².